The first kappa shape index (κ1) is 10.6. The van der Waals surface area contributed by atoms with Gasteiger partial charge in [0.2, 0.25) is 0 Å². The second kappa shape index (κ2) is 3.24. The van der Waals surface area contributed by atoms with Gasteiger partial charge in [-0.15, -0.1) is 11.8 Å². The summed E-state index contributed by atoms with van der Waals surface area (Å²) in [6.07, 6.45) is 0. The molecule has 0 aromatic heterocycles. The Balaban J connectivity index is 2.22. The summed E-state index contributed by atoms with van der Waals surface area (Å²) in [5.41, 5.74) is -0.923. The molecular weight excluding hydrogens is 242 g/mol. The molecule has 2 aliphatic heterocycles. The maximum atomic E-state index is 12.0. The first-order chi connectivity index (χ1) is 8.06. The summed E-state index contributed by atoms with van der Waals surface area (Å²) < 4.78 is 0. The minimum absolute atomic E-state index is 0.195. The Hall–Kier alpha value is -1.53. The van der Waals surface area contributed by atoms with Crippen molar-refractivity contribution in [2.75, 3.05) is 5.88 Å². The van der Waals surface area contributed by atoms with Gasteiger partial charge in [-0.3, -0.25) is 14.5 Å². The van der Waals surface area contributed by atoms with Gasteiger partial charge in [0, 0.05) is 11.1 Å². The normalized spacial score (nSPS) is 30.3. The first-order valence-corrected chi connectivity index (χ1v) is 6.10. The average Bonchev–Trinajstić information content (AvgIpc) is 2.75. The lowest BCUT2D eigenvalue weighted by atomic mass is 9.98. The Morgan fingerprint density at radius 2 is 2.18 bits per heavy atom. The van der Waals surface area contributed by atoms with Gasteiger partial charge in [-0.2, -0.15) is 0 Å². The van der Waals surface area contributed by atoms with Crippen LogP contribution < -0.4 is 0 Å². The van der Waals surface area contributed by atoms with Crippen LogP contribution in [0.3, 0.4) is 0 Å². The van der Waals surface area contributed by atoms with E-state index in [-0.39, 0.29) is 11.8 Å². The van der Waals surface area contributed by atoms with E-state index in [1.54, 1.807) is 24.3 Å². The van der Waals surface area contributed by atoms with Crippen molar-refractivity contribution in [2.24, 2.45) is 0 Å². The molecule has 0 spiro atoms. The van der Waals surface area contributed by atoms with E-state index in [1.165, 1.54) is 4.90 Å². The van der Waals surface area contributed by atoms with Crippen LogP contribution in [0.5, 0.6) is 0 Å². The van der Waals surface area contributed by atoms with Crippen molar-refractivity contribution in [1.82, 2.24) is 4.90 Å². The van der Waals surface area contributed by atoms with Gasteiger partial charge >= 0.3 is 5.97 Å². The summed E-state index contributed by atoms with van der Waals surface area (Å²) >= 11 is 1.06. The Morgan fingerprint density at radius 3 is 2.88 bits per heavy atom. The Labute approximate surface area is 101 Å². The van der Waals surface area contributed by atoms with Crippen LogP contribution in [0.4, 0.5) is 0 Å². The fourth-order valence-corrected chi connectivity index (χ4v) is 3.63. The number of amides is 1. The zero-order valence-corrected chi connectivity index (χ0v) is 9.48. The monoisotopic (exact) mass is 251 g/mol. The molecule has 0 bridgehead atoms. The molecule has 1 amide bonds. The number of carboxylic acid groups (broad SMARTS) is 1. The molecule has 3 rings (SSSR count). The Morgan fingerprint density at radius 1 is 1.47 bits per heavy atom. The highest BCUT2D eigenvalue weighted by Gasteiger charge is 2.60. The van der Waals surface area contributed by atoms with Gasteiger partial charge in [-0.05, 0) is 6.07 Å². The fraction of sp³-hybridized carbons (Fsp3) is 0.273. The Bertz CT molecular complexity index is 528. The van der Waals surface area contributed by atoms with Gasteiger partial charge in [-0.25, -0.2) is 0 Å². The second-order valence-corrected chi connectivity index (χ2v) is 5.08. The predicted octanol–water partition coefficient (Wildman–Crippen LogP) is 0.445. The van der Waals surface area contributed by atoms with Crippen LogP contribution in [0.1, 0.15) is 15.9 Å². The van der Waals surface area contributed by atoms with Crippen molar-refractivity contribution in [3.63, 3.8) is 0 Å². The topological polar surface area (TPSA) is 77.8 Å². The first-order valence-electron chi connectivity index (χ1n) is 5.05. The summed E-state index contributed by atoms with van der Waals surface area (Å²) in [7, 11) is 0. The minimum Gasteiger partial charge on any atom is -0.480 e. The van der Waals surface area contributed by atoms with Crippen molar-refractivity contribution in [3.05, 3.63) is 35.4 Å². The third-order valence-electron chi connectivity index (χ3n) is 3.17. The number of thioether (sulfide) groups is 1. The van der Waals surface area contributed by atoms with Crippen LogP contribution >= 0.6 is 11.8 Å². The van der Waals surface area contributed by atoms with E-state index in [4.69, 9.17) is 5.11 Å². The number of carboxylic acids is 1. The molecule has 1 aromatic carbocycles. The molecule has 2 heterocycles. The molecule has 88 valence electrons. The van der Waals surface area contributed by atoms with E-state index in [1.807, 2.05) is 0 Å². The molecule has 17 heavy (non-hydrogen) atoms. The molecule has 2 N–H and O–H groups in total. The lowest BCUT2D eigenvalue weighted by Gasteiger charge is -2.28. The van der Waals surface area contributed by atoms with Crippen LogP contribution in [-0.2, 0) is 10.5 Å². The van der Waals surface area contributed by atoms with Crippen LogP contribution in [0.25, 0.3) is 0 Å². The molecule has 2 aliphatic rings. The van der Waals surface area contributed by atoms with Crippen molar-refractivity contribution in [3.8, 4) is 0 Å². The number of carbonyl (C=O) groups is 2. The molecule has 0 unspecified atom stereocenters. The van der Waals surface area contributed by atoms with Gasteiger partial charge < -0.3 is 10.2 Å². The zero-order valence-electron chi connectivity index (χ0n) is 8.66. The summed E-state index contributed by atoms with van der Waals surface area (Å²) in [6.45, 7) is 0. The van der Waals surface area contributed by atoms with Crippen molar-refractivity contribution in [1.29, 1.82) is 0 Å². The number of hydrogen-bond acceptors (Lipinski definition) is 4. The maximum absolute atomic E-state index is 12.0. The standard InChI is InChI=1S/C11H9NO4S/c13-9-6-3-1-2-4-7(6)11(16)8(10(14)15)17-5-12(9)11/h1-4,8,16H,5H2,(H,14,15)/t8-,11-/m1/s1. The third kappa shape index (κ3) is 1.14. The number of aliphatic carboxylic acids is 1. The maximum Gasteiger partial charge on any atom is 0.322 e. The lowest BCUT2D eigenvalue weighted by molar-refractivity contribution is -0.147. The molecule has 2 atom stereocenters. The minimum atomic E-state index is -1.70. The smallest absolute Gasteiger partial charge is 0.322 e. The van der Waals surface area contributed by atoms with Crippen LogP contribution in [-0.4, -0.2) is 38.1 Å². The molecule has 6 heteroatoms. The van der Waals surface area contributed by atoms with Gasteiger partial charge in [-0.1, -0.05) is 18.2 Å². The quantitative estimate of drug-likeness (QED) is 0.757. The lowest BCUT2D eigenvalue weighted by Crippen LogP contribution is -2.47. The van der Waals surface area contributed by atoms with Crippen LogP contribution in [0.2, 0.25) is 0 Å². The van der Waals surface area contributed by atoms with E-state index in [2.05, 4.69) is 0 Å². The summed E-state index contributed by atoms with van der Waals surface area (Å²) in [5, 5.41) is 18.7. The SMILES string of the molecule is O=C(O)[C@H]1SCN2C(=O)c3ccccc3[C@@]12O. The van der Waals surface area contributed by atoms with Gasteiger partial charge in [0.25, 0.3) is 5.91 Å². The number of carbonyl (C=O) groups excluding carboxylic acids is 1. The van der Waals surface area contributed by atoms with E-state index in [0.29, 0.717) is 11.1 Å². The molecule has 1 fully saturated rings. The predicted molar refractivity (Wildman–Crippen MR) is 60.4 cm³/mol. The molecule has 0 aliphatic carbocycles. The number of aliphatic hydroxyl groups is 1. The fourth-order valence-electron chi connectivity index (χ4n) is 2.38. The molecule has 0 radical (unpaired) electrons. The molecule has 5 nitrogen and oxygen atoms in total. The van der Waals surface area contributed by atoms with Gasteiger partial charge in [0.05, 0.1) is 5.88 Å². The number of nitrogens with zero attached hydrogens (tertiary/aromatic N) is 1. The van der Waals surface area contributed by atoms with E-state index < -0.39 is 16.9 Å². The Kier molecular flexibility index (Phi) is 2.02. The van der Waals surface area contributed by atoms with Gasteiger partial charge in [0.15, 0.2) is 11.0 Å². The van der Waals surface area contributed by atoms with Crippen molar-refractivity contribution >= 4 is 23.6 Å². The van der Waals surface area contributed by atoms with Crippen molar-refractivity contribution in [2.45, 2.75) is 11.0 Å². The van der Waals surface area contributed by atoms with Crippen LogP contribution in [0, 0.1) is 0 Å². The highest BCUT2D eigenvalue weighted by molar-refractivity contribution is 8.00. The van der Waals surface area contributed by atoms with E-state index in [0.717, 1.165) is 11.8 Å². The number of benzene rings is 1. The molecule has 1 saturated heterocycles. The molecule has 0 saturated carbocycles. The third-order valence-corrected chi connectivity index (χ3v) is 4.44. The van der Waals surface area contributed by atoms with Gasteiger partial charge in [0.1, 0.15) is 0 Å². The van der Waals surface area contributed by atoms with Crippen LogP contribution in [0.15, 0.2) is 24.3 Å². The number of fused-ring (bicyclic) bond motifs is 3. The molecule has 1 aromatic rings. The van der Waals surface area contributed by atoms with E-state index >= 15 is 0 Å². The largest absolute Gasteiger partial charge is 0.480 e. The number of rotatable bonds is 1. The van der Waals surface area contributed by atoms with E-state index in [9.17, 15) is 14.7 Å². The average molecular weight is 251 g/mol. The molecular formula is C11H9NO4S. The highest BCUT2D eigenvalue weighted by atomic mass is 32.2. The highest BCUT2D eigenvalue weighted by Crippen LogP contribution is 2.49. The summed E-state index contributed by atoms with van der Waals surface area (Å²) in [4.78, 5) is 24.4. The number of hydrogen-bond donors (Lipinski definition) is 2. The second-order valence-electron chi connectivity index (χ2n) is 4.02. The summed E-state index contributed by atoms with van der Waals surface area (Å²) in [6, 6.07) is 6.60. The summed E-state index contributed by atoms with van der Waals surface area (Å²) in [5.74, 6) is -1.22. The van der Waals surface area contributed by atoms with Crippen molar-refractivity contribution < 1.29 is 19.8 Å². The zero-order chi connectivity index (χ0) is 12.2.